The van der Waals surface area contributed by atoms with Crippen molar-refractivity contribution >= 4 is 5.91 Å². The first-order valence-corrected chi connectivity index (χ1v) is 7.69. The minimum Gasteiger partial charge on any atom is -0.497 e. The number of rotatable bonds is 6. The molecule has 1 aromatic carbocycles. The van der Waals surface area contributed by atoms with Crippen LogP contribution < -0.4 is 10.1 Å². The number of hydrogen-bond donors (Lipinski definition) is 1. The molecule has 0 saturated carbocycles. The van der Waals surface area contributed by atoms with Crippen LogP contribution in [-0.4, -0.2) is 31.4 Å². The number of aromatic nitrogens is 1. The third-order valence-electron chi connectivity index (χ3n) is 3.88. The van der Waals surface area contributed by atoms with Crippen LogP contribution in [0.1, 0.15) is 18.5 Å². The number of benzene rings is 1. The fourth-order valence-corrected chi connectivity index (χ4v) is 2.58. The number of nitrogens with one attached hydrogen (secondary N) is 1. The predicted molar refractivity (Wildman–Crippen MR) is 83.9 cm³/mol. The monoisotopic (exact) mass is 316 g/mol. The van der Waals surface area contributed by atoms with Gasteiger partial charge in [0.2, 0.25) is 5.91 Å². The minimum absolute atomic E-state index is 0.0198. The van der Waals surface area contributed by atoms with Gasteiger partial charge in [0.05, 0.1) is 13.7 Å². The molecular weight excluding hydrogens is 296 g/mol. The van der Waals surface area contributed by atoms with E-state index in [0.29, 0.717) is 36.9 Å². The van der Waals surface area contributed by atoms with Crippen LogP contribution in [0.5, 0.6) is 5.75 Å². The highest BCUT2D eigenvalue weighted by Gasteiger charge is 2.19. The molecule has 1 unspecified atom stereocenters. The molecule has 1 aliphatic heterocycles. The average Bonchev–Trinajstić information content (AvgIpc) is 3.24. The standard InChI is InChI=1S/C17H20N2O4/c1-21-15-4-2-3-13(8-15)16-9-14(19-23-16)10-18-17(20)7-12-5-6-22-11-12/h2-4,8-9,12H,5-7,10-11H2,1H3,(H,18,20). The van der Waals surface area contributed by atoms with Gasteiger partial charge in [0.15, 0.2) is 5.76 Å². The van der Waals surface area contributed by atoms with Gasteiger partial charge in [0.25, 0.3) is 0 Å². The Morgan fingerprint density at radius 2 is 2.35 bits per heavy atom. The van der Waals surface area contributed by atoms with Gasteiger partial charge in [0, 0.05) is 31.3 Å². The molecule has 1 amide bonds. The number of carbonyl (C=O) groups excluding carboxylic acids is 1. The van der Waals surface area contributed by atoms with Gasteiger partial charge in [0.1, 0.15) is 11.4 Å². The fourth-order valence-electron chi connectivity index (χ4n) is 2.58. The Labute approximate surface area is 134 Å². The molecule has 2 heterocycles. The Hall–Kier alpha value is -2.34. The van der Waals surface area contributed by atoms with Crippen molar-refractivity contribution in [2.45, 2.75) is 19.4 Å². The maximum absolute atomic E-state index is 11.9. The summed E-state index contributed by atoms with van der Waals surface area (Å²) in [5.41, 5.74) is 1.58. The van der Waals surface area contributed by atoms with Crippen molar-refractivity contribution in [1.29, 1.82) is 0 Å². The smallest absolute Gasteiger partial charge is 0.220 e. The summed E-state index contributed by atoms with van der Waals surface area (Å²) in [7, 11) is 1.62. The van der Waals surface area contributed by atoms with Crippen LogP contribution >= 0.6 is 0 Å². The van der Waals surface area contributed by atoms with E-state index >= 15 is 0 Å². The molecule has 1 saturated heterocycles. The highest BCUT2D eigenvalue weighted by atomic mass is 16.5. The van der Waals surface area contributed by atoms with Crippen molar-refractivity contribution in [1.82, 2.24) is 10.5 Å². The molecule has 1 aromatic heterocycles. The van der Waals surface area contributed by atoms with E-state index < -0.39 is 0 Å². The Morgan fingerprint density at radius 3 is 3.13 bits per heavy atom. The third kappa shape index (κ3) is 4.10. The van der Waals surface area contributed by atoms with Gasteiger partial charge in [-0.25, -0.2) is 0 Å². The summed E-state index contributed by atoms with van der Waals surface area (Å²) in [6.07, 6.45) is 1.46. The molecule has 122 valence electrons. The van der Waals surface area contributed by atoms with Crippen molar-refractivity contribution in [3.63, 3.8) is 0 Å². The molecule has 2 aromatic rings. The summed E-state index contributed by atoms with van der Waals surface area (Å²) in [5.74, 6) is 1.76. The van der Waals surface area contributed by atoms with Gasteiger partial charge in [-0.05, 0) is 24.5 Å². The van der Waals surface area contributed by atoms with E-state index in [0.717, 1.165) is 24.3 Å². The molecule has 0 bridgehead atoms. The van der Waals surface area contributed by atoms with Gasteiger partial charge in [-0.15, -0.1) is 0 Å². The number of amides is 1. The summed E-state index contributed by atoms with van der Waals surface area (Å²) < 4.78 is 15.8. The van der Waals surface area contributed by atoms with Crippen LogP contribution in [0.15, 0.2) is 34.9 Å². The summed E-state index contributed by atoms with van der Waals surface area (Å²) in [4.78, 5) is 11.9. The van der Waals surface area contributed by atoms with E-state index in [1.807, 2.05) is 30.3 Å². The van der Waals surface area contributed by atoms with E-state index in [9.17, 15) is 4.79 Å². The Morgan fingerprint density at radius 1 is 1.43 bits per heavy atom. The summed E-state index contributed by atoms with van der Waals surface area (Å²) in [5, 5.41) is 6.87. The zero-order valence-corrected chi connectivity index (χ0v) is 13.1. The largest absolute Gasteiger partial charge is 0.497 e. The highest BCUT2D eigenvalue weighted by Crippen LogP contribution is 2.24. The number of nitrogens with zero attached hydrogens (tertiary/aromatic N) is 1. The second-order valence-electron chi connectivity index (χ2n) is 5.62. The second kappa shape index (κ2) is 7.28. The summed E-state index contributed by atoms with van der Waals surface area (Å²) >= 11 is 0. The van der Waals surface area contributed by atoms with Crippen LogP contribution in [0.3, 0.4) is 0 Å². The number of carbonyl (C=O) groups is 1. The molecule has 0 aliphatic carbocycles. The fraction of sp³-hybridized carbons (Fsp3) is 0.412. The predicted octanol–water partition coefficient (Wildman–Crippen LogP) is 2.39. The maximum Gasteiger partial charge on any atom is 0.220 e. The van der Waals surface area contributed by atoms with Gasteiger partial charge >= 0.3 is 0 Å². The number of methoxy groups -OCH3 is 1. The Kier molecular flexibility index (Phi) is 4.92. The quantitative estimate of drug-likeness (QED) is 0.886. The number of hydrogen-bond acceptors (Lipinski definition) is 5. The van der Waals surface area contributed by atoms with Gasteiger partial charge in [-0.1, -0.05) is 17.3 Å². The summed E-state index contributed by atoms with van der Waals surface area (Å²) in [6, 6.07) is 9.39. The van der Waals surface area contributed by atoms with Gasteiger partial charge in [-0.3, -0.25) is 4.79 Å². The molecule has 23 heavy (non-hydrogen) atoms. The lowest BCUT2D eigenvalue weighted by Crippen LogP contribution is -2.25. The molecule has 1 aliphatic rings. The third-order valence-corrected chi connectivity index (χ3v) is 3.88. The van der Waals surface area contributed by atoms with Crippen molar-refractivity contribution < 1.29 is 18.8 Å². The van der Waals surface area contributed by atoms with Gasteiger partial charge in [-0.2, -0.15) is 0 Å². The van der Waals surface area contributed by atoms with Crippen LogP contribution in [0.25, 0.3) is 11.3 Å². The van der Waals surface area contributed by atoms with Crippen LogP contribution in [-0.2, 0) is 16.1 Å². The summed E-state index contributed by atoms with van der Waals surface area (Å²) in [6.45, 7) is 1.79. The molecular formula is C17H20N2O4. The second-order valence-corrected chi connectivity index (χ2v) is 5.62. The normalized spacial score (nSPS) is 17.2. The van der Waals surface area contributed by atoms with Crippen LogP contribution in [0.4, 0.5) is 0 Å². The van der Waals surface area contributed by atoms with Crippen molar-refractivity contribution in [3.8, 4) is 17.1 Å². The van der Waals surface area contributed by atoms with E-state index in [1.165, 1.54) is 0 Å². The first-order valence-electron chi connectivity index (χ1n) is 7.69. The number of ether oxygens (including phenoxy) is 2. The van der Waals surface area contributed by atoms with E-state index in [1.54, 1.807) is 7.11 Å². The molecule has 1 atom stereocenters. The molecule has 3 rings (SSSR count). The first kappa shape index (κ1) is 15.6. The van der Waals surface area contributed by atoms with Crippen LogP contribution in [0, 0.1) is 5.92 Å². The first-order chi connectivity index (χ1) is 11.2. The molecule has 0 radical (unpaired) electrons. The van der Waals surface area contributed by atoms with Crippen molar-refractivity contribution in [3.05, 3.63) is 36.0 Å². The zero-order valence-electron chi connectivity index (χ0n) is 13.1. The molecule has 0 spiro atoms. The SMILES string of the molecule is COc1cccc(-c2cc(CNC(=O)CC3CCOC3)no2)c1. The Bertz CT molecular complexity index is 662. The topological polar surface area (TPSA) is 73.6 Å². The molecule has 6 nitrogen and oxygen atoms in total. The van der Waals surface area contributed by atoms with Crippen molar-refractivity contribution in [2.24, 2.45) is 5.92 Å². The van der Waals surface area contributed by atoms with Gasteiger partial charge < -0.3 is 19.3 Å². The lowest BCUT2D eigenvalue weighted by atomic mass is 10.1. The van der Waals surface area contributed by atoms with E-state index in [2.05, 4.69) is 10.5 Å². The lowest BCUT2D eigenvalue weighted by molar-refractivity contribution is -0.122. The average molecular weight is 316 g/mol. The minimum atomic E-state index is 0.0198. The van der Waals surface area contributed by atoms with E-state index in [-0.39, 0.29) is 5.91 Å². The maximum atomic E-state index is 11.9. The molecule has 6 heteroatoms. The zero-order chi connectivity index (χ0) is 16.1. The van der Waals surface area contributed by atoms with Crippen molar-refractivity contribution in [2.75, 3.05) is 20.3 Å². The lowest BCUT2D eigenvalue weighted by Gasteiger charge is -2.06. The Balaban J connectivity index is 1.55. The molecule has 1 N–H and O–H groups in total. The highest BCUT2D eigenvalue weighted by molar-refractivity contribution is 5.76. The van der Waals surface area contributed by atoms with Crippen LogP contribution in [0.2, 0.25) is 0 Å². The van der Waals surface area contributed by atoms with E-state index in [4.69, 9.17) is 14.0 Å². The molecule has 1 fully saturated rings.